The number of ether oxygens (including phenoxy) is 1. The fraction of sp³-hybridized carbons (Fsp3) is 0.125. The molecule has 0 unspecified atom stereocenters. The van der Waals surface area contributed by atoms with E-state index in [9.17, 15) is 9.90 Å². The van der Waals surface area contributed by atoms with E-state index in [1.807, 2.05) is 61.5 Å². The van der Waals surface area contributed by atoms with Crippen LogP contribution in [0, 0.1) is 12.3 Å². The Morgan fingerprint density at radius 1 is 0.947 bits per heavy atom. The van der Waals surface area contributed by atoms with E-state index in [0.29, 0.717) is 23.4 Å². The molecule has 0 saturated carbocycles. The maximum absolute atomic E-state index is 12.2. The number of amidine groups is 1. The molecule has 38 heavy (non-hydrogen) atoms. The number of aromatic nitrogens is 1. The van der Waals surface area contributed by atoms with Crippen molar-refractivity contribution in [1.82, 2.24) is 4.57 Å². The highest BCUT2D eigenvalue weighted by Crippen LogP contribution is 2.33. The third-order valence-electron chi connectivity index (χ3n) is 6.86. The molecular formula is C32H29N3O3. The average molecular weight is 504 g/mol. The minimum atomic E-state index is -1.00. The molecule has 0 aliphatic heterocycles. The molecule has 0 amide bonds. The summed E-state index contributed by atoms with van der Waals surface area (Å²) < 4.78 is 7.47. The third-order valence-corrected chi connectivity index (χ3v) is 6.86. The van der Waals surface area contributed by atoms with Gasteiger partial charge in [-0.1, -0.05) is 54.1 Å². The first-order valence-corrected chi connectivity index (χ1v) is 12.4. The summed E-state index contributed by atoms with van der Waals surface area (Å²) in [4.78, 5) is 12.2. The number of aromatic carboxylic acids is 1. The molecule has 0 bridgehead atoms. The lowest BCUT2D eigenvalue weighted by molar-refractivity contribution is 0.0697. The van der Waals surface area contributed by atoms with Gasteiger partial charge in [-0.15, -0.1) is 0 Å². The number of benzene rings is 4. The van der Waals surface area contributed by atoms with Gasteiger partial charge in [0.05, 0.1) is 12.7 Å². The molecule has 6 nitrogen and oxygen atoms in total. The Hall–Kier alpha value is -4.84. The number of carboxylic acids is 1. The number of carboxylic acid groups (broad SMARTS) is 1. The van der Waals surface area contributed by atoms with Crippen molar-refractivity contribution in [2.45, 2.75) is 19.9 Å². The number of nitrogens with two attached hydrogens (primary N) is 1. The van der Waals surface area contributed by atoms with Crippen LogP contribution in [0.4, 0.5) is 0 Å². The van der Waals surface area contributed by atoms with Gasteiger partial charge in [0.1, 0.15) is 11.6 Å². The second-order valence-corrected chi connectivity index (χ2v) is 9.47. The van der Waals surface area contributed by atoms with Crippen LogP contribution < -0.4 is 10.5 Å². The van der Waals surface area contributed by atoms with E-state index < -0.39 is 5.97 Å². The summed E-state index contributed by atoms with van der Waals surface area (Å²) in [6, 6.07) is 27.4. The van der Waals surface area contributed by atoms with Crippen LogP contribution in [-0.2, 0) is 13.0 Å². The van der Waals surface area contributed by atoms with Gasteiger partial charge in [0, 0.05) is 29.2 Å². The third kappa shape index (κ3) is 4.89. The van der Waals surface area contributed by atoms with Gasteiger partial charge in [-0.05, 0) is 77.6 Å². The summed E-state index contributed by atoms with van der Waals surface area (Å²) in [5.74, 6) is -0.464. The van der Waals surface area contributed by atoms with Gasteiger partial charge in [-0.2, -0.15) is 0 Å². The molecule has 4 aromatic carbocycles. The van der Waals surface area contributed by atoms with Gasteiger partial charge in [-0.25, -0.2) is 4.79 Å². The predicted molar refractivity (Wildman–Crippen MR) is 151 cm³/mol. The van der Waals surface area contributed by atoms with Crippen LogP contribution in [0.1, 0.15) is 38.2 Å². The smallest absolute Gasteiger partial charge is 0.336 e. The van der Waals surface area contributed by atoms with Gasteiger partial charge < -0.3 is 20.1 Å². The van der Waals surface area contributed by atoms with Crippen molar-refractivity contribution in [3.05, 3.63) is 125 Å². The number of nitrogens with zero attached hydrogens (tertiary/aromatic N) is 1. The average Bonchev–Trinajstić information content (AvgIpc) is 3.25. The normalized spacial score (nSPS) is 11.0. The Bertz CT molecular complexity index is 1670. The minimum absolute atomic E-state index is 0.0342. The number of fused-ring (bicyclic) bond motifs is 1. The molecule has 6 heteroatoms. The number of hydrogen-bond acceptors (Lipinski definition) is 3. The van der Waals surface area contributed by atoms with Gasteiger partial charge in [0.2, 0.25) is 0 Å². The maximum atomic E-state index is 12.2. The van der Waals surface area contributed by atoms with E-state index in [2.05, 4.69) is 29.0 Å². The van der Waals surface area contributed by atoms with E-state index in [-0.39, 0.29) is 11.4 Å². The highest BCUT2D eigenvalue weighted by atomic mass is 16.5. The van der Waals surface area contributed by atoms with E-state index in [0.717, 1.165) is 39.6 Å². The van der Waals surface area contributed by atoms with E-state index in [4.69, 9.17) is 15.9 Å². The topological polar surface area (TPSA) is 101 Å². The lowest BCUT2D eigenvalue weighted by Gasteiger charge is -2.15. The SMILES string of the molecule is COc1ccc(-c2ccc(C)cc2Cn2cc(Cc3ccccc3)c3cc(C(=N)N)ccc32)c(C(=O)O)c1. The zero-order chi connectivity index (χ0) is 26.8. The number of aryl methyl sites for hydroxylation is 1. The first kappa shape index (κ1) is 24.8. The predicted octanol–water partition coefficient (Wildman–Crippen LogP) is 6.25. The van der Waals surface area contributed by atoms with Gasteiger partial charge in [0.25, 0.3) is 0 Å². The number of carbonyl (C=O) groups is 1. The van der Waals surface area contributed by atoms with Crippen LogP contribution in [0.5, 0.6) is 5.75 Å². The summed E-state index contributed by atoms with van der Waals surface area (Å²) in [6.45, 7) is 2.58. The minimum Gasteiger partial charge on any atom is -0.497 e. The molecule has 0 saturated heterocycles. The molecule has 5 aromatic rings. The van der Waals surface area contributed by atoms with Crippen molar-refractivity contribution in [3.8, 4) is 16.9 Å². The van der Waals surface area contributed by atoms with Crippen molar-refractivity contribution < 1.29 is 14.6 Å². The fourth-order valence-corrected chi connectivity index (χ4v) is 4.99. The second kappa shape index (κ2) is 10.3. The zero-order valence-corrected chi connectivity index (χ0v) is 21.4. The molecular weight excluding hydrogens is 474 g/mol. The van der Waals surface area contributed by atoms with Crippen LogP contribution in [0.15, 0.2) is 91.1 Å². The largest absolute Gasteiger partial charge is 0.497 e. The molecule has 4 N–H and O–H groups in total. The summed E-state index contributed by atoms with van der Waals surface area (Å²) in [5.41, 5.74) is 13.7. The van der Waals surface area contributed by atoms with E-state index >= 15 is 0 Å². The van der Waals surface area contributed by atoms with Gasteiger partial charge in [0.15, 0.2) is 0 Å². The molecule has 1 aromatic heterocycles. The van der Waals surface area contributed by atoms with Crippen molar-refractivity contribution in [2.75, 3.05) is 7.11 Å². The highest BCUT2D eigenvalue weighted by molar-refractivity contribution is 6.00. The summed E-state index contributed by atoms with van der Waals surface area (Å²) in [6.07, 6.45) is 2.90. The molecule has 0 fully saturated rings. The van der Waals surface area contributed by atoms with Crippen molar-refractivity contribution in [2.24, 2.45) is 5.73 Å². The quantitative estimate of drug-likeness (QED) is 0.172. The first-order chi connectivity index (χ1) is 18.3. The Kier molecular flexibility index (Phi) is 6.71. The summed E-state index contributed by atoms with van der Waals surface area (Å²) in [5, 5.41) is 18.9. The molecule has 0 aliphatic carbocycles. The second-order valence-electron chi connectivity index (χ2n) is 9.47. The van der Waals surface area contributed by atoms with Crippen LogP contribution in [-0.4, -0.2) is 28.6 Å². The first-order valence-electron chi connectivity index (χ1n) is 12.4. The number of hydrogen-bond donors (Lipinski definition) is 3. The van der Waals surface area contributed by atoms with E-state index in [1.165, 1.54) is 12.7 Å². The number of nitrogens with one attached hydrogen (secondary N) is 1. The van der Waals surface area contributed by atoms with Crippen LogP contribution in [0.2, 0.25) is 0 Å². The van der Waals surface area contributed by atoms with Crippen LogP contribution in [0.3, 0.4) is 0 Å². The molecule has 1 heterocycles. The summed E-state index contributed by atoms with van der Waals surface area (Å²) >= 11 is 0. The Morgan fingerprint density at radius 2 is 1.71 bits per heavy atom. The monoisotopic (exact) mass is 503 g/mol. The van der Waals surface area contributed by atoms with Crippen LogP contribution >= 0.6 is 0 Å². The maximum Gasteiger partial charge on any atom is 0.336 e. The van der Waals surface area contributed by atoms with Gasteiger partial charge in [-0.3, -0.25) is 5.41 Å². The molecule has 5 rings (SSSR count). The van der Waals surface area contributed by atoms with Gasteiger partial charge >= 0.3 is 5.97 Å². The summed E-state index contributed by atoms with van der Waals surface area (Å²) in [7, 11) is 1.53. The fourth-order valence-electron chi connectivity index (χ4n) is 4.99. The standard InChI is InChI=1S/C32H29N3O3/c1-20-8-11-26(27-12-10-25(38-2)17-29(27)32(36)37)23(14-20)18-35-19-24(15-21-6-4-3-5-7-21)28-16-22(31(33)34)9-13-30(28)35/h3-14,16-17,19H,15,18H2,1-2H3,(H3,33,34)(H,36,37). The van der Waals surface area contributed by atoms with Crippen molar-refractivity contribution in [3.63, 3.8) is 0 Å². The Morgan fingerprint density at radius 3 is 2.42 bits per heavy atom. The van der Waals surface area contributed by atoms with Crippen molar-refractivity contribution >= 4 is 22.7 Å². The van der Waals surface area contributed by atoms with Crippen molar-refractivity contribution in [1.29, 1.82) is 5.41 Å². The lowest BCUT2D eigenvalue weighted by Crippen LogP contribution is -2.10. The Balaban J connectivity index is 1.64. The number of methoxy groups -OCH3 is 1. The molecule has 0 atom stereocenters. The number of nitrogen functional groups attached to an aromatic ring is 1. The molecule has 0 radical (unpaired) electrons. The van der Waals surface area contributed by atoms with Crippen LogP contribution in [0.25, 0.3) is 22.0 Å². The molecule has 0 aliphatic rings. The highest BCUT2D eigenvalue weighted by Gasteiger charge is 2.18. The number of rotatable bonds is 8. The Labute approximate surface area is 221 Å². The molecule has 0 spiro atoms. The van der Waals surface area contributed by atoms with E-state index in [1.54, 1.807) is 12.1 Å². The lowest BCUT2D eigenvalue weighted by atomic mass is 9.93. The zero-order valence-electron chi connectivity index (χ0n) is 21.4. The molecule has 190 valence electrons.